The molecule has 0 fully saturated rings. The van der Waals surface area contributed by atoms with E-state index in [0.29, 0.717) is 43.9 Å². The molecule has 2 aromatic rings. The van der Waals surface area contributed by atoms with Crippen molar-refractivity contribution in [1.29, 1.82) is 0 Å². The summed E-state index contributed by atoms with van der Waals surface area (Å²) in [4.78, 5) is 27.7. The highest BCUT2D eigenvalue weighted by Gasteiger charge is 2.28. The Morgan fingerprint density at radius 2 is 1.74 bits per heavy atom. The van der Waals surface area contributed by atoms with E-state index in [9.17, 15) is 9.59 Å². The summed E-state index contributed by atoms with van der Waals surface area (Å²) in [5.41, 5.74) is 3.13. The van der Waals surface area contributed by atoms with E-state index in [1.54, 1.807) is 19.1 Å². The van der Waals surface area contributed by atoms with Gasteiger partial charge < -0.3 is 19.7 Å². The molecule has 6 nitrogen and oxygen atoms in total. The number of hydrogen-bond donors (Lipinski definition) is 1. The lowest BCUT2D eigenvalue weighted by molar-refractivity contribution is -0.141. The SMILES string of the molecule is CCNC(=O)[C@H](CC)N(Cc1ccccc1C)C(=O)CCc1ccc(OC)c(OC)c1. The molecular formula is C25H34N2O4. The Kier molecular flexibility index (Phi) is 9.38. The van der Waals surface area contributed by atoms with E-state index in [1.807, 2.05) is 63.2 Å². The van der Waals surface area contributed by atoms with E-state index in [-0.39, 0.29) is 11.8 Å². The van der Waals surface area contributed by atoms with Gasteiger partial charge in [0.2, 0.25) is 11.8 Å². The van der Waals surface area contributed by atoms with Gasteiger partial charge in [0, 0.05) is 19.5 Å². The number of rotatable bonds is 11. The van der Waals surface area contributed by atoms with Gasteiger partial charge in [-0.1, -0.05) is 37.3 Å². The summed E-state index contributed by atoms with van der Waals surface area (Å²) in [7, 11) is 3.19. The van der Waals surface area contributed by atoms with Crippen LogP contribution in [0.2, 0.25) is 0 Å². The van der Waals surface area contributed by atoms with Crippen LogP contribution in [0.15, 0.2) is 42.5 Å². The second-order valence-electron chi connectivity index (χ2n) is 7.46. The first-order valence-electron chi connectivity index (χ1n) is 10.8. The van der Waals surface area contributed by atoms with Gasteiger partial charge in [-0.25, -0.2) is 0 Å². The van der Waals surface area contributed by atoms with E-state index >= 15 is 0 Å². The minimum atomic E-state index is -0.502. The van der Waals surface area contributed by atoms with Crippen LogP contribution in [0.25, 0.3) is 0 Å². The summed E-state index contributed by atoms with van der Waals surface area (Å²) in [6.07, 6.45) is 1.41. The molecule has 0 aliphatic heterocycles. The van der Waals surface area contributed by atoms with Crippen LogP contribution in [0.1, 0.15) is 43.4 Å². The zero-order valence-corrected chi connectivity index (χ0v) is 19.2. The van der Waals surface area contributed by atoms with Gasteiger partial charge in [-0.3, -0.25) is 9.59 Å². The maximum absolute atomic E-state index is 13.3. The van der Waals surface area contributed by atoms with Crippen molar-refractivity contribution in [3.63, 3.8) is 0 Å². The normalized spacial score (nSPS) is 11.5. The molecule has 0 aliphatic rings. The molecule has 0 unspecified atom stereocenters. The maximum atomic E-state index is 13.3. The number of aryl methyl sites for hydroxylation is 2. The van der Waals surface area contributed by atoms with Crippen molar-refractivity contribution in [2.75, 3.05) is 20.8 Å². The molecular weight excluding hydrogens is 392 g/mol. The number of carbonyl (C=O) groups excluding carboxylic acids is 2. The summed E-state index contributed by atoms with van der Waals surface area (Å²) in [6.45, 7) is 6.79. The molecule has 0 saturated heterocycles. The van der Waals surface area contributed by atoms with Crippen molar-refractivity contribution >= 4 is 11.8 Å². The molecule has 31 heavy (non-hydrogen) atoms. The minimum Gasteiger partial charge on any atom is -0.493 e. The van der Waals surface area contributed by atoms with E-state index in [2.05, 4.69) is 5.32 Å². The summed E-state index contributed by atoms with van der Waals surface area (Å²) in [5.74, 6) is 1.13. The molecule has 2 aromatic carbocycles. The molecule has 0 radical (unpaired) electrons. The molecule has 0 heterocycles. The van der Waals surface area contributed by atoms with Gasteiger partial charge in [0.05, 0.1) is 14.2 Å². The Balaban J connectivity index is 2.22. The second kappa shape index (κ2) is 12.0. The van der Waals surface area contributed by atoms with E-state index in [1.165, 1.54) is 0 Å². The highest BCUT2D eigenvalue weighted by atomic mass is 16.5. The van der Waals surface area contributed by atoms with Crippen LogP contribution in [0, 0.1) is 6.92 Å². The van der Waals surface area contributed by atoms with Crippen LogP contribution in [0.5, 0.6) is 11.5 Å². The van der Waals surface area contributed by atoms with Crippen LogP contribution in [0.4, 0.5) is 0 Å². The molecule has 1 N–H and O–H groups in total. The van der Waals surface area contributed by atoms with Crippen LogP contribution in [-0.4, -0.2) is 43.5 Å². The van der Waals surface area contributed by atoms with Crippen molar-refractivity contribution in [1.82, 2.24) is 10.2 Å². The lowest BCUT2D eigenvalue weighted by atomic mass is 10.0. The number of hydrogen-bond acceptors (Lipinski definition) is 4. The average molecular weight is 427 g/mol. The number of nitrogens with one attached hydrogen (secondary N) is 1. The Morgan fingerprint density at radius 3 is 2.35 bits per heavy atom. The van der Waals surface area contributed by atoms with Crippen molar-refractivity contribution < 1.29 is 19.1 Å². The second-order valence-corrected chi connectivity index (χ2v) is 7.46. The monoisotopic (exact) mass is 426 g/mol. The molecule has 1 atom stereocenters. The van der Waals surface area contributed by atoms with Crippen molar-refractivity contribution in [3.8, 4) is 11.5 Å². The zero-order valence-electron chi connectivity index (χ0n) is 19.2. The fourth-order valence-electron chi connectivity index (χ4n) is 3.61. The Bertz CT molecular complexity index is 882. The summed E-state index contributed by atoms with van der Waals surface area (Å²) >= 11 is 0. The first-order chi connectivity index (χ1) is 14.9. The van der Waals surface area contributed by atoms with Gasteiger partial charge in [0.25, 0.3) is 0 Å². The van der Waals surface area contributed by atoms with E-state index in [0.717, 1.165) is 16.7 Å². The van der Waals surface area contributed by atoms with Gasteiger partial charge in [-0.15, -0.1) is 0 Å². The molecule has 6 heteroatoms. The van der Waals surface area contributed by atoms with Gasteiger partial charge in [-0.2, -0.15) is 0 Å². The number of ether oxygens (including phenoxy) is 2. The smallest absolute Gasteiger partial charge is 0.242 e. The molecule has 0 bridgehead atoms. The van der Waals surface area contributed by atoms with Crippen LogP contribution in [0.3, 0.4) is 0 Å². The van der Waals surface area contributed by atoms with E-state index < -0.39 is 6.04 Å². The lowest BCUT2D eigenvalue weighted by Gasteiger charge is -2.31. The Labute approximate surface area is 185 Å². The first-order valence-corrected chi connectivity index (χ1v) is 10.8. The van der Waals surface area contributed by atoms with Gasteiger partial charge in [0.15, 0.2) is 11.5 Å². The standard InChI is InChI=1S/C25H34N2O4/c1-6-21(25(29)26-7-2)27(17-20-11-9-8-10-18(20)3)24(28)15-13-19-12-14-22(30-4)23(16-19)31-5/h8-12,14,16,21H,6-7,13,15,17H2,1-5H3,(H,26,29)/t21-/m0/s1. The molecule has 0 aromatic heterocycles. The summed E-state index contributed by atoms with van der Waals surface area (Å²) < 4.78 is 10.6. The van der Waals surface area contributed by atoms with Gasteiger partial charge in [0.1, 0.15) is 6.04 Å². The number of likely N-dealkylation sites (N-methyl/N-ethyl adjacent to an activating group) is 1. The predicted molar refractivity (Wildman–Crippen MR) is 122 cm³/mol. The molecule has 2 rings (SSSR count). The Morgan fingerprint density at radius 1 is 1.03 bits per heavy atom. The van der Waals surface area contributed by atoms with Crippen molar-refractivity contribution in [2.45, 2.75) is 52.6 Å². The first kappa shape index (κ1) is 24.3. The van der Waals surface area contributed by atoms with Crippen molar-refractivity contribution in [2.24, 2.45) is 0 Å². The number of benzene rings is 2. The zero-order chi connectivity index (χ0) is 22.8. The van der Waals surface area contributed by atoms with Crippen LogP contribution in [-0.2, 0) is 22.6 Å². The van der Waals surface area contributed by atoms with Gasteiger partial charge in [-0.05, 0) is 55.5 Å². The van der Waals surface area contributed by atoms with Crippen LogP contribution >= 0.6 is 0 Å². The Hall–Kier alpha value is -3.02. The molecule has 168 valence electrons. The highest BCUT2D eigenvalue weighted by molar-refractivity contribution is 5.87. The highest BCUT2D eigenvalue weighted by Crippen LogP contribution is 2.28. The molecule has 2 amide bonds. The predicted octanol–water partition coefficient (Wildman–Crippen LogP) is 3.89. The number of nitrogens with zero attached hydrogens (tertiary/aromatic N) is 1. The third kappa shape index (κ3) is 6.48. The number of carbonyl (C=O) groups is 2. The van der Waals surface area contributed by atoms with E-state index in [4.69, 9.17) is 9.47 Å². The molecule has 0 aliphatic carbocycles. The largest absolute Gasteiger partial charge is 0.493 e. The maximum Gasteiger partial charge on any atom is 0.242 e. The molecule has 0 spiro atoms. The minimum absolute atomic E-state index is 0.0452. The third-order valence-corrected chi connectivity index (χ3v) is 5.41. The van der Waals surface area contributed by atoms with Gasteiger partial charge >= 0.3 is 0 Å². The number of methoxy groups -OCH3 is 2. The quantitative estimate of drug-likeness (QED) is 0.592. The summed E-state index contributed by atoms with van der Waals surface area (Å²) in [5, 5.41) is 2.87. The topological polar surface area (TPSA) is 67.9 Å². The summed E-state index contributed by atoms with van der Waals surface area (Å²) in [6, 6.07) is 13.1. The molecule has 0 saturated carbocycles. The number of amides is 2. The average Bonchev–Trinajstić information content (AvgIpc) is 2.78. The van der Waals surface area contributed by atoms with Crippen molar-refractivity contribution in [3.05, 3.63) is 59.2 Å². The lowest BCUT2D eigenvalue weighted by Crippen LogP contribution is -2.49. The fraction of sp³-hybridized carbons (Fsp3) is 0.440. The fourth-order valence-corrected chi connectivity index (χ4v) is 3.61. The van der Waals surface area contributed by atoms with Crippen LogP contribution < -0.4 is 14.8 Å². The third-order valence-electron chi connectivity index (χ3n) is 5.41.